The Labute approximate surface area is 203 Å². The van der Waals surface area contributed by atoms with Gasteiger partial charge in [-0.15, -0.1) is 0 Å². The summed E-state index contributed by atoms with van der Waals surface area (Å²) in [5.41, 5.74) is 3.40. The molecule has 0 aliphatic heterocycles. The van der Waals surface area contributed by atoms with Crippen LogP contribution in [-0.2, 0) is 4.79 Å². The summed E-state index contributed by atoms with van der Waals surface area (Å²) in [4.78, 5) is 33.3. The standard InChI is InChI=1S/C24H23ClN2O3.CH3NO2/c1-24(2,23(29)27-26-16-17-6-4-3-5-7-17)30-21-14-10-19(11-15-21)22(28)18-8-12-20(25)13-9-18;1-2(3)4/h4,6-16H,3,5H2,1-2H3,(H,27,29);1H3/b26-16+;. The zero-order valence-corrected chi connectivity index (χ0v) is 19.9. The number of nitro groups is 1. The minimum absolute atomic E-state index is 0.115. The van der Waals surface area contributed by atoms with E-state index in [4.69, 9.17) is 26.5 Å². The molecule has 34 heavy (non-hydrogen) atoms. The van der Waals surface area contributed by atoms with E-state index >= 15 is 0 Å². The maximum Gasteiger partial charge on any atom is 0.283 e. The van der Waals surface area contributed by atoms with Crippen LogP contribution in [0, 0.1) is 10.1 Å². The van der Waals surface area contributed by atoms with Gasteiger partial charge in [-0.05, 0) is 80.8 Å². The molecule has 0 radical (unpaired) electrons. The monoisotopic (exact) mass is 483 g/mol. The third kappa shape index (κ3) is 8.63. The highest BCUT2D eigenvalue weighted by atomic mass is 35.5. The molecule has 0 saturated carbocycles. The van der Waals surface area contributed by atoms with Crippen LogP contribution in [0.3, 0.4) is 0 Å². The predicted octanol–water partition coefficient (Wildman–Crippen LogP) is 5.00. The van der Waals surface area contributed by atoms with Crippen LogP contribution in [0.5, 0.6) is 5.75 Å². The van der Waals surface area contributed by atoms with E-state index in [0.29, 0.717) is 21.9 Å². The molecule has 1 amide bonds. The van der Waals surface area contributed by atoms with Crippen LogP contribution in [0.25, 0.3) is 0 Å². The first-order valence-corrected chi connectivity index (χ1v) is 10.8. The van der Waals surface area contributed by atoms with Gasteiger partial charge in [0.05, 0.1) is 6.21 Å². The Morgan fingerprint density at radius 2 is 1.65 bits per heavy atom. The molecule has 0 saturated heterocycles. The van der Waals surface area contributed by atoms with Crippen molar-refractivity contribution in [1.82, 2.24) is 5.43 Å². The second kappa shape index (κ2) is 12.5. The van der Waals surface area contributed by atoms with Crippen LogP contribution in [0.2, 0.25) is 5.02 Å². The van der Waals surface area contributed by atoms with Gasteiger partial charge in [-0.3, -0.25) is 19.7 Å². The number of halogens is 1. The molecule has 0 atom stereocenters. The van der Waals surface area contributed by atoms with E-state index in [1.807, 2.05) is 6.08 Å². The SMILES string of the molecule is CC(C)(Oc1ccc(C(=O)c2ccc(Cl)cc2)cc1)C(=O)N/N=C/C1=CCCC=C1.C[N+](=O)[O-]. The van der Waals surface area contributed by atoms with Crippen LogP contribution in [-0.4, -0.2) is 35.5 Å². The summed E-state index contributed by atoms with van der Waals surface area (Å²) in [5, 5.41) is 13.4. The number of ketones is 1. The van der Waals surface area contributed by atoms with Crippen molar-refractivity contribution >= 4 is 29.5 Å². The Kier molecular flexibility index (Phi) is 9.70. The van der Waals surface area contributed by atoms with Crippen LogP contribution >= 0.6 is 11.6 Å². The Balaban J connectivity index is 0.000000945. The molecule has 1 N–H and O–H groups in total. The van der Waals surface area contributed by atoms with Gasteiger partial charge in [-0.1, -0.05) is 29.8 Å². The molecule has 1 aliphatic rings. The third-order valence-corrected chi connectivity index (χ3v) is 4.80. The van der Waals surface area contributed by atoms with Gasteiger partial charge in [0.2, 0.25) is 0 Å². The van der Waals surface area contributed by atoms with Crippen molar-refractivity contribution in [2.75, 3.05) is 7.05 Å². The molecule has 1 aliphatic carbocycles. The van der Waals surface area contributed by atoms with E-state index in [2.05, 4.69) is 22.7 Å². The molecule has 3 rings (SSSR count). The lowest BCUT2D eigenvalue weighted by Gasteiger charge is -2.24. The van der Waals surface area contributed by atoms with Crippen molar-refractivity contribution < 1.29 is 19.2 Å². The molecule has 2 aromatic carbocycles. The van der Waals surface area contributed by atoms with Gasteiger partial charge in [0.1, 0.15) is 5.75 Å². The fraction of sp³-hybridized carbons (Fsp3) is 0.240. The molecule has 2 aromatic rings. The van der Waals surface area contributed by atoms with E-state index < -0.39 is 10.5 Å². The van der Waals surface area contributed by atoms with Crippen molar-refractivity contribution in [2.24, 2.45) is 5.10 Å². The summed E-state index contributed by atoms with van der Waals surface area (Å²) in [6.45, 7) is 3.31. The Hall–Kier alpha value is -3.78. The van der Waals surface area contributed by atoms with E-state index in [1.54, 1.807) is 68.6 Å². The first kappa shape index (κ1) is 26.5. The topological polar surface area (TPSA) is 111 Å². The lowest BCUT2D eigenvalue weighted by Crippen LogP contribution is -2.44. The molecule has 0 fully saturated rings. The van der Waals surface area contributed by atoms with Crippen molar-refractivity contribution in [3.63, 3.8) is 0 Å². The number of ether oxygens (including phenoxy) is 1. The quantitative estimate of drug-likeness (QED) is 0.258. The Bertz CT molecular complexity index is 1100. The minimum Gasteiger partial charge on any atom is -0.478 e. The number of rotatable bonds is 7. The lowest BCUT2D eigenvalue weighted by molar-refractivity contribution is -0.445. The largest absolute Gasteiger partial charge is 0.478 e. The Morgan fingerprint density at radius 3 is 2.18 bits per heavy atom. The zero-order chi connectivity index (χ0) is 25.1. The first-order valence-electron chi connectivity index (χ1n) is 10.5. The summed E-state index contributed by atoms with van der Waals surface area (Å²) >= 11 is 5.87. The molecule has 8 nitrogen and oxygen atoms in total. The molecular formula is C25H26ClN3O5. The average Bonchev–Trinajstić information content (AvgIpc) is 2.79. The summed E-state index contributed by atoms with van der Waals surface area (Å²) in [6, 6.07) is 13.4. The van der Waals surface area contributed by atoms with E-state index in [0.717, 1.165) is 25.5 Å². The molecule has 0 bridgehead atoms. The molecule has 0 heterocycles. The maximum atomic E-state index is 12.5. The normalized spacial score (nSPS) is 12.9. The maximum absolute atomic E-state index is 12.5. The number of hydrogen-bond donors (Lipinski definition) is 1. The van der Waals surface area contributed by atoms with Gasteiger partial charge < -0.3 is 4.74 Å². The number of hydrogen-bond acceptors (Lipinski definition) is 6. The van der Waals surface area contributed by atoms with Gasteiger partial charge in [-0.2, -0.15) is 5.10 Å². The average molecular weight is 484 g/mol. The highest BCUT2D eigenvalue weighted by Crippen LogP contribution is 2.21. The molecule has 0 spiro atoms. The van der Waals surface area contributed by atoms with E-state index in [-0.39, 0.29) is 11.7 Å². The van der Waals surface area contributed by atoms with E-state index in [9.17, 15) is 9.59 Å². The van der Waals surface area contributed by atoms with Crippen molar-refractivity contribution in [1.29, 1.82) is 0 Å². The number of hydrazone groups is 1. The second-order valence-electron chi connectivity index (χ2n) is 7.80. The number of carbonyl (C=O) groups excluding carboxylic acids is 2. The molecule has 178 valence electrons. The predicted molar refractivity (Wildman–Crippen MR) is 132 cm³/mol. The van der Waals surface area contributed by atoms with Crippen LogP contribution < -0.4 is 10.2 Å². The first-order chi connectivity index (χ1) is 16.1. The minimum atomic E-state index is -1.14. The fourth-order valence-corrected chi connectivity index (χ4v) is 2.94. The highest BCUT2D eigenvalue weighted by molar-refractivity contribution is 6.30. The van der Waals surface area contributed by atoms with Crippen molar-refractivity contribution in [3.8, 4) is 5.75 Å². The molecule has 9 heteroatoms. The van der Waals surface area contributed by atoms with Crippen LogP contribution in [0.15, 0.2) is 77.4 Å². The van der Waals surface area contributed by atoms with Crippen LogP contribution in [0.1, 0.15) is 42.6 Å². The van der Waals surface area contributed by atoms with E-state index in [1.165, 1.54) is 0 Å². The summed E-state index contributed by atoms with van der Waals surface area (Å²) in [7, 11) is 0.889. The van der Waals surface area contributed by atoms with Crippen molar-refractivity contribution in [2.45, 2.75) is 32.3 Å². The fourth-order valence-electron chi connectivity index (χ4n) is 2.81. The van der Waals surface area contributed by atoms with Gasteiger partial charge in [-0.25, -0.2) is 5.43 Å². The zero-order valence-electron chi connectivity index (χ0n) is 19.2. The molecule has 0 unspecified atom stereocenters. The number of benzene rings is 2. The Morgan fingerprint density at radius 1 is 1.09 bits per heavy atom. The van der Waals surface area contributed by atoms with Gasteiger partial charge >= 0.3 is 0 Å². The van der Waals surface area contributed by atoms with Crippen LogP contribution in [0.4, 0.5) is 0 Å². The second-order valence-corrected chi connectivity index (χ2v) is 8.23. The van der Waals surface area contributed by atoms with Gasteiger partial charge in [0.25, 0.3) is 5.91 Å². The number of nitrogens with zero attached hydrogens (tertiary/aromatic N) is 2. The highest BCUT2D eigenvalue weighted by Gasteiger charge is 2.30. The van der Waals surface area contributed by atoms with Gasteiger partial charge in [0, 0.05) is 21.1 Å². The van der Waals surface area contributed by atoms with Gasteiger partial charge in [0.15, 0.2) is 18.4 Å². The third-order valence-electron chi connectivity index (χ3n) is 4.55. The number of allylic oxidation sites excluding steroid dienone is 4. The number of carbonyl (C=O) groups is 2. The van der Waals surface area contributed by atoms with Crippen molar-refractivity contribution in [3.05, 3.63) is 98.6 Å². The molecular weight excluding hydrogens is 458 g/mol. The number of amides is 1. The molecule has 0 aromatic heterocycles. The summed E-state index contributed by atoms with van der Waals surface area (Å²) in [5.74, 6) is -0.0132. The summed E-state index contributed by atoms with van der Waals surface area (Å²) < 4.78 is 5.82. The lowest BCUT2D eigenvalue weighted by atomic mass is 10.0. The smallest absolute Gasteiger partial charge is 0.283 e. The number of nitrogens with one attached hydrogen (secondary N) is 1. The summed E-state index contributed by atoms with van der Waals surface area (Å²) in [6.07, 6.45) is 9.70.